The molecule has 0 radical (unpaired) electrons. The smallest absolute Gasteiger partial charge is 0.272 e. The Morgan fingerprint density at radius 2 is 1.96 bits per heavy atom. The molecule has 0 saturated carbocycles. The fourth-order valence-electron chi connectivity index (χ4n) is 2.23. The van der Waals surface area contributed by atoms with Gasteiger partial charge in [0.2, 0.25) is 0 Å². The molecule has 1 amide bonds. The zero-order valence-electron chi connectivity index (χ0n) is 13.6. The lowest BCUT2D eigenvalue weighted by atomic mass is 10.2. The summed E-state index contributed by atoms with van der Waals surface area (Å²) in [4.78, 5) is 16.2. The number of amides is 1. The van der Waals surface area contributed by atoms with Crippen LogP contribution in [0, 0.1) is 0 Å². The van der Waals surface area contributed by atoms with Crippen molar-refractivity contribution in [2.24, 2.45) is 0 Å². The molecule has 1 heterocycles. The summed E-state index contributed by atoms with van der Waals surface area (Å²) in [5, 5.41) is 6.63. The van der Waals surface area contributed by atoms with Crippen molar-refractivity contribution in [2.45, 2.75) is 13.8 Å². The summed E-state index contributed by atoms with van der Waals surface area (Å²) in [6.45, 7) is 5.11. The molecule has 1 aromatic carbocycles. The molecule has 0 spiro atoms. The molecule has 0 fully saturated rings. The molecule has 0 aliphatic heterocycles. The summed E-state index contributed by atoms with van der Waals surface area (Å²) in [6, 6.07) is 12.1. The van der Waals surface area contributed by atoms with Gasteiger partial charge in [0.15, 0.2) is 5.11 Å². The van der Waals surface area contributed by atoms with Gasteiger partial charge in [0.1, 0.15) is 4.88 Å². The quantitative estimate of drug-likeness (QED) is 0.807. The van der Waals surface area contributed by atoms with E-state index < -0.39 is 0 Å². The van der Waals surface area contributed by atoms with Gasteiger partial charge in [-0.05, 0) is 37.7 Å². The molecular formula is C17H21N3OS2. The third kappa shape index (κ3) is 3.89. The maximum atomic E-state index is 12.9. The van der Waals surface area contributed by atoms with Crippen molar-refractivity contribution in [3.63, 3.8) is 0 Å². The van der Waals surface area contributed by atoms with E-state index in [0.717, 1.165) is 16.1 Å². The van der Waals surface area contributed by atoms with E-state index in [9.17, 15) is 4.79 Å². The summed E-state index contributed by atoms with van der Waals surface area (Å²) in [5.74, 6) is -0.0741. The fraction of sp³-hybridized carbons (Fsp3) is 0.294. The number of nitrogens with zero attached hydrogens (tertiary/aromatic N) is 1. The standard InChI is InChI=1S/C17H21N3OS2/c1-4-19-17(22)20(5-2)16(21)15-13(18-3)11-14(23-15)12-9-7-6-8-10-12/h6-11,18H,4-5H2,1-3H3,(H,19,22). The van der Waals surface area contributed by atoms with Gasteiger partial charge in [-0.1, -0.05) is 30.3 Å². The van der Waals surface area contributed by atoms with E-state index in [4.69, 9.17) is 12.2 Å². The van der Waals surface area contributed by atoms with E-state index in [1.165, 1.54) is 11.3 Å². The zero-order valence-corrected chi connectivity index (χ0v) is 15.2. The second-order valence-electron chi connectivity index (χ2n) is 4.85. The number of benzene rings is 1. The Bertz CT molecular complexity index is 682. The normalized spacial score (nSPS) is 10.2. The van der Waals surface area contributed by atoms with Crippen LogP contribution in [-0.2, 0) is 0 Å². The van der Waals surface area contributed by atoms with E-state index in [0.29, 0.717) is 23.1 Å². The van der Waals surface area contributed by atoms with Gasteiger partial charge in [0, 0.05) is 25.0 Å². The van der Waals surface area contributed by atoms with Gasteiger partial charge in [0.05, 0.1) is 5.69 Å². The summed E-state index contributed by atoms with van der Waals surface area (Å²) in [5.41, 5.74) is 1.93. The van der Waals surface area contributed by atoms with Crippen molar-refractivity contribution in [3.05, 3.63) is 41.3 Å². The Kier molecular flexibility index (Phi) is 6.12. The molecule has 6 heteroatoms. The molecular weight excluding hydrogens is 326 g/mol. The van der Waals surface area contributed by atoms with Crippen molar-refractivity contribution in [3.8, 4) is 10.4 Å². The maximum Gasteiger partial charge on any atom is 0.272 e. The number of thiocarbonyl (C=S) groups is 1. The Labute approximate surface area is 146 Å². The van der Waals surface area contributed by atoms with Gasteiger partial charge in [-0.3, -0.25) is 9.69 Å². The van der Waals surface area contributed by atoms with Gasteiger partial charge in [-0.25, -0.2) is 0 Å². The van der Waals surface area contributed by atoms with Crippen LogP contribution < -0.4 is 10.6 Å². The second kappa shape index (κ2) is 8.08. The number of nitrogens with one attached hydrogen (secondary N) is 2. The second-order valence-corrected chi connectivity index (χ2v) is 6.29. The van der Waals surface area contributed by atoms with Crippen molar-refractivity contribution in [1.82, 2.24) is 10.2 Å². The summed E-state index contributed by atoms with van der Waals surface area (Å²) < 4.78 is 0. The van der Waals surface area contributed by atoms with E-state index in [2.05, 4.69) is 10.6 Å². The summed E-state index contributed by atoms with van der Waals surface area (Å²) in [7, 11) is 1.83. The summed E-state index contributed by atoms with van der Waals surface area (Å²) >= 11 is 6.79. The van der Waals surface area contributed by atoms with E-state index in [-0.39, 0.29) is 5.91 Å². The van der Waals surface area contributed by atoms with Gasteiger partial charge in [-0.2, -0.15) is 0 Å². The van der Waals surface area contributed by atoms with Crippen LogP contribution in [0.25, 0.3) is 10.4 Å². The first-order valence-corrected chi connectivity index (χ1v) is 8.81. The Morgan fingerprint density at radius 3 is 2.52 bits per heavy atom. The number of hydrogen-bond donors (Lipinski definition) is 2. The van der Waals surface area contributed by atoms with Crippen molar-refractivity contribution in [2.75, 3.05) is 25.5 Å². The number of rotatable bonds is 5. The maximum absolute atomic E-state index is 12.9. The highest BCUT2D eigenvalue weighted by Gasteiger charge is 2.23. The third-order valence-corrected chi connectivity index (χ3v) is 4.93. The zero-order chi connectivity index (χ0) is 16.8. The first kappa shape index (κ1) is 17.4. The highest BCUT2D eigenvalue weighted by molar-refractivity contribution is 7.80. The van der Waals surface area contributed by atoms with Crippen molar-refractivity contribution in [1.29, 1.82) is 0 Å². The average molecular weight is 348 g/mol. The third-order valence-electron chi connectivity index (χ3n) is 3.39. The monoisotopic (exact) mass is 347 g/mol. The summed E-state index contributed by atoms with van der Waals surface area (Å²) in [6.07, 6.45) is 0. The topological polar surface area (TPSA) is 44.4 Å². The molecule has 23 heavy (non-hydrogen) atoms. The minimum absolute atomic E-state index is 0.0741. The first-order valence-electron chi connectivity index (χ1n) is 7.59. The van der Waals surface area contributed by atoms with Crippen LogP contribution in [0.3, 0.4) is 0 Å². The fourth-order valence-corrected chi connectivity index (χ4v) is 3.70. The van der Waals surface area contributed by atoms with Crippen molar-refractivity contribution >= 4 is 40.3 Å². The molecule has 0 unspecified atom stereocenters. The van der Waals surface area contributed by atoms with Gasteiger partial charge in [-0.15, -0.1) is 11.3 Å². The minimum atomic E-state index is -0.0741. The Hall–Kier alpha value is -1.92. The van der Waals surface area contributed by atoms with Crippen LogP contribution in [0.5, 0.6) is 0 Å². The Morgan fingerprint density at radius 1 is 1.26 bits per heavy atom. The number of anilines is 1. The van der Waals surface area contributed by atoms with Crippen LogP contribution in [0.15, 0.2) is 36.4 Å². The molecule has 1 aromatic heterocycles. The van der Waals surface area contributed by atoms with Crippen LogP contribution >= 0.6 is 23.6 Å². The van der Waals surface area contributed by atoms with Crippen LogP contribution in [0.4, 0.5) is 5.69 Å². The molecule has 2 rings (SSSR count). The largest absolute Gasteiger partial charge is 0.387 e. The Balaban J connectivity index is 2.36. The molecule has 2 aromatic rings. The predicted octanol–water partition coefficient (Wildman–Crippen LogP) is 3.81. The number of thiophene rings is 1. The van der Waals surface area contributed by atoms with Crippen LogP contribution in [-0.4, -0.2) is 36.1 Å². The molecule has 4 nitrogen and oxygen atoms in total. The number of carbonyl (C=O) groups excluding carboxylic acids is 1. The van der Waals surface area contributed by atoms with Gasteiger partial charge >= 0.3 is 0 Å². The van der Waals surface area contributed by atoms with Crippen molar-refractivity contribution < 1.29 is 4.79 Å². The molecule has 0 saturated heterocycles. The van der Waals surface area contributed by atoms with Crippen LogP contribution in [0.1, 0.15) is 23.5 Å². The van der Waals surface area contributed by atoms with E-state index >= 15 is 0 Å². The molecule has 2 N–H and O–H groups in total. The van der Waals surface area contributed by atoms with Gasteiger partial charge in [0.25, 0.3) is 5.91 Å². The predicted molar refractivity (Wildman–Crippen MR) is 102 cm³/mol. The number of carbonyl (C=O) groups is 1. The SMILES string of the molecule is CCNC(=S)N(CC)C(=O)c1sc(-c2ccccc2)cc1NC. The highest BCUT2D eigenvalue weighted by atomic mass is 32.1. The van der Waals surface area contributed by atoms with E-state index in [1.54, 1.807) is 4.90 Å². The molecule has 0 aliphatic rings. The first-order chi connectivity index (χ1) is 11.1. The van der Waals surface area contributed by atoms with E-state index in [1.807, 2.05) is 57.3 Å². The average Bonchev–Trinajstić information content (AvgIpc) is 3.01. The van der Waals surface area contributed by atoms with Crippen LogP contribution in [0.2, 0.25) is 0 Å². The molecule has 122 valence electrons. The molecule has 0 atom stereocenters. The molecule has 0 aliphatic carbocycles. The highest BCUT2D eigenvalue weighted by Crippen LogP contribution is 2.35. The lowest BCUT2D eigenvalue weighted by molar-refractivity contribution is 0.0857. The van der Waals surface area contributed by atoms with Gasteiger partial charge < -0.3 is 10.6 Å². The lowest BCUT2D eigenvalue weighted by Crippen LogP contribution is -2.43. The number of hydrogen-bond acceptors (Lipinski definition) is 4. The lowest BCUT2D eigenvalue weighted by Gasteiger charge is -2.21. The minimum Gasteiger partial charge on any atom is -0.387 e. The molecule has 0 bridgehead atoms.